The molecule has 34 heavy (non-hydrogen) atoms. The number of benzene rings is 2. The number of piperidine rings is 1. The number of likely N-dealkylation sites (tertiary alicyclic amines) is 2. The van der Waals surface area contributed by atoms with Gasteiger partial charge in [0.15, 0.2) is 0 Å². The molecular formula is C27H34N4O3. The van der Waals surface area contributed by atoms with E-state index in [9.17, 15) is 14.4 Å². The molecule has 0 radical (unpaired) electrons. The first-order valence-electron chi connectivity index (χ1n) is 12.0. The standard InChI is InChI=1S/C27H34N4O3/c1-4-21-10-12-23(13-11-21)28-25(34)16-31-18-27(29-19(2)32)17-30(20(3)33)15-14-24(27)26(31)22-8-6-5-7-9-22/h5-13,24,26H,4,14-18H2,1-3H3,(H,28,34)(H,29,32)/t24-,26-,27-/m1/s1. The Balaban J connectivity index is 1.62. The van der Waals surface area contributed by atoms with Crippen molar-refractivity contribution in [2.75, 3.05) is 31.5 Å². The molecule has 0 bridgehead atoms. The van der Waals surface area contributed by atoms with E-state index < -0.39 is 5.54 Å². The highest BCUT2D eigenvalue weighted by Crippen LogP contribution is 2.47. The normalized spacial score (nSPS) is 24.4. The number of nitrogens with zero attached hydrogens (tertiary/aromatic N) is 2. The number of anilines is 1. The van der Waals surface area contributed by atoms with Gasteiger partial charge in [0.05, 0.1) is 12.1 Å². The van der Waals surface area contributed by atoms with Crippen LogP contribution < -0.4 is 10.6 Å². The summed E-state index contributed by atoms with van der Waals surface area (Å²) in [5.74, 6) is -0.119. The molecule has 0 spiro atoms. The summed E-state index contributed by atoms with van der Waals surface area (Å²) in [6.45, 7) is 6.99. The summed E-state index contributed by atoms with van der Waals surface area (Å²) in [6, 6.07) is 18.0. The van der Waals surface area contributed by atoms with Crippen molar-refractivity contribution >= 4 is 23.4 Å². The Morgan fingerprint density at radius 2 is 1.71 bits per heavy atom. The minimum Gasteiger partial charge on any atom is -0.347 e. The van der Waals surface area contributed by atoms with Gasteiger partial charge in [-0.05, 0) is 36.1 Å². The second kappa shape index (κ2) is 9.97. The van der Waals surface area contributed by atoms with E-state index in [1.165, 1.54) is 12.5 Å². The molecule has 7 heteroatoms. The largest absolute Gasteiger partial charge is 0.347 e. The van der Waals surface area contributed by atoms with Gasteiger partial charge in [0.1, 0.15) is 0 Å². The lowest BCUT2D eigenvalue weighted by Crippen LogP contribution is -2.64. The summed E-state index contributed by atoms with van der Waals surface area (Å²) in [7, 11) is 0. The van der Waals surface area contributed by atoms with E-state index in [0.717, 1.165) is 24.1 Å². The molecule has 2 aromatic rings. The van der Waals surface area contributed by atoms with Crippen LogP contribution in [0.4, 0.5) is 5.69 Å². The number of hydrogen-bond acceptors (Lipinski definition) is 4. The van der Waals surface area contributed by atoms with Gasteiger partial charge in [-0.25, -0.2) is 0 Å². The molecule has 0 aliphatic carbocycles. The van der Waals surface area contributed by atoms with Crippen LogP contribution in [-0.4, -0.2) is 59.2 Å². The third kappa shape index (κ3) is 4.99. The maximum absolute atomic E-state index is 13.1. The van der Waals surface area contributed by atoms with Crippen molar-refractivity contribution in [3.63, 3.8) is 0 Å². The maximum Gasteiger partial charge on any atom is 0.238 e. The lowest BCUT2D eigenvalue weighted by molar-refractivity contribution is -0.134. The van der Waals surface area contributed by atoms with E-state index in [2.05, 4.69) is 34.6 Å². The number of amides is 3. The zero-order valence-electron chi connectivity index (χ0n) is 20.2. The number of carbonyl (C=O) groups excluding carboxylic acids is 3. The fourth-order valence-electron chi connectivity index (χ4n) is 5.70. The third-order valence-electron chi connectivity index (χ3n) is 7.16. The zero-order chi connectivity index (χ0) is 24.3. The van der Waals surface area contributed by atoms with Gasteiger partial charge in [-0.1, -0.05) is 49.4 Å². The molecule has 2 N–H and O–H groups in total. The van der Waals surface area contributed by atoms with Crippen LogP contribution >= 0.6 is 0 Å². The lowest BCUT2D eigenvalue weighted by Gasteiger charge is -2.45. The molecule has 4 rings (SSSR count). The monoisotopic (exact) mass is 462 g/mol. The van der Waals surface area contributed by atoms with Gasteiger partial charge in [0, 0.05) is 51.1 Å². The van der Waals surface area contributed by atoms with E-state index in [0.29, 0.717) is 19.6 Å². The van der Waals surface area contributed by atoms with E-state index >= 15 is 0 Å². The Labute approximate surface area is 201 Å². The second-order valence-electron chi connectivity index (χ2n) is 9.53. The van der Waals surface area contributed by atoms with Gasteiger partial charge < -0.3 is 15.5 Å². The second-order valence-corrected chi connectivity index (χ2v) is 9.53. The quantitative estimate of drug-likeness (QED) is 0.692. The van der Waals surface area contributed by atoms with Crippen LogP contribution in [0.15, 0.2) is 54.6 Å². The van der Waals surface area contributed by atoms with Crippen LogP contribution in [0.2, 0.25) is 0 Å². The number of fused-ring (bicyclic) bond motifs is 1. The van der Waals surface area contributed by atoms with Gasteiger partial charge in [-0.15, -0.1) is 0 Å². The van der Waals surface area contributed by atoms with Crippen LogP contribution in [0.5, 0.6) is 0 Å². The smallest absolute Gasteiger partial charge is 0.238 e. The highest BCUT2D eigenvalue weighted by molar-refractivity contribution is 5.92. The minimum atomic E-state index is -0.598. The molecule has 2 aromatic carbocycles. The summed E-state index contributed by atoms with van der Waals surface area (Å²) in [5, 5.41) is 6.22. The maximum atomic E-state index is 13.1. The molecule has 3 amide bonds. The number of rotatable bonds is 6. The third-order valence-corrected chi connectivity index (χ3v) is 7.16. The molecule has 2 saturated heterocycles. The number of hydrogen-bond donors (Lipinski definition) is 2. The highest BCUT2D eigenvalue weighted by atomic mass is 16.2. The Hall–Kier alpha value is -3.19. The molecule has 0 unspecified atom stereocenters. The molecule has 0 saturated carbocycles. The lowest BCUT2D eigenvalue weighted by atomic mass is 9.75. The molecule has 7 nitrogen and oxygen atoms in total. The molecule has 2 aliphatic rings. The van der Waals surface area contributed by atoms with Crippen LogP contribution in [0.1, 0.15) is 44.4 Å². The van der Waals surface area contributed by atoms with Crippen LogP contribution in [-0.2, 0) is 20.8 Å². The van der Waals surface area contributed by atoms with Crippen molar-refractivity contribution in [2.24, 2.45) is 5.92 Å². The fourth-order valence-corrected chi connectivity index (χ4v) is 5.70. The molecule has 180 valence electrons. The zero-order valence-corrected chi connectivity index (χ0v) is 20.2. The number of carbonyl (C=O) groups is 3. The van der Waals surface area contributed by atoms with Gasteiger partial charge in [0.25, 0.3) is 0 Å². The van der Waals surface area contributed by atoms with Crippen molar-refractivity contribution < 1.29 is 14.4 Å². The number of nitrogens with one attached hydrogen (secondary N) is 2. The van der Waals surface area contributed by atoms with Crippen molar-refractivity contribution in [3.8, 4) is 0 Å². The summed E-state index contributed by atoms with van der Waals surface area (Å²) in [5.41, 5.74) is 2.52. The Morgan fingerprint density at radius 3 is 2.32 bits per heavy atom. The number of aryl methyl sites for hydroxylation is 1. The molecule has 0 aromatic heterocycles. The van der Waals surface area contributed by atoms with Crippen LogP contribution in [0.25, 0.3) is 0 Å². The van der Waals surface area contributed by atoms with Gasteiger partial charge >= 0.3 is 0 Å². The molecule has 2 heterocycles. The minimum absolute atomic E-state index is 0.00570. The predicted molar refractivity (Wildman–Crippen MR) is 132 cm³/mol. The summed E-state index contributed by atoms with van der Waals surface area (Å²) >= 11 is 0. The SMILES string of the molecule is CCc1ccc(NC(=O)CN2C[C@]3(NC(C)=O)CN(C(C)=O)CC[C@@H]3[C@H]2c2ccccc2)cc1. The van der Waals surface area contributed by atoms with Crippen molar-refractivity contribution in [1.29, 1.82) is 0 Å². The first kappa shape index (κ1) is 24.0. The Bertz CT molecular complexity index is 1040. The predicted octanol–water partition coefficient (Wildman–Crippen LogP) is 2.99. The Morgan fingerprint density at radius 1 is 1.00 bits per heavy atom. The molecule has 2 fully saturated rings. The van der Waals surface area contributed by atoms with Crippen molar-refractivity contribution in [3.05, 3.63) is 65.7 Å². The van der Waals surface area contributed by atoms with Gasteiger partial charge in [0.2, 0.25) is 17.7 Å². The van der Waals surface area contributed by atoms with E-state index in [4.69, 9.17) is 0 Å². The van der Waals surface area contributed by atoms with Crippen molar-refractivity contribution in [2.45, 2.75) is 45.2 Å². The summed E-state index contributed by atoms with van der Waals surface area (Å²) in [6.07, 6.45) is 1.71. The van der Waals surface area contributed by atoms with Gasteiger partial charge in [-0.3, -0.25) is 19.3 Å². The average molecular weight is 463 g/mol. The molecule has 3 atom stereocenters. The first-order chi connectivity index (χ1) is 16.3. The van der Waals surface area contributed by atoms with Crippen molar-refractivity contribution in [1.82, 2.24) is 15.1 Å². The average Bonchev–Trinajstić information content (AvgIpc) is 3.11. The van der Waals surface area contributed by atoms with E-state index in [1.807, 2.05) is 47.4 Å². The molecular weight excluding hydrogens is 428 g/mol. The summed E-state index contributed by atoms with van der Waals surface area (Å²) < 4.78 is 0. The Kier molecular flexibility index (Phi) is 7.03. The van der Waals surface area contributed by atoms with Gasteiger partial charge in [-0.2, -0.15) is 0 Å². The molecule has 2 aliphatic heterocycles. The summed E-state index contributed by atoms with van der Waals surface area (Å²) in [4.78, 5) is 41.6. The highest BCUT2D eigenvalue weighted by Gasteiger charge is 2.56. The topological polar surface area (TPSA) is 81.8 Å². The van der Waals surface area contributed by atoms with E-state index in [1.54, 1.807) is 6.92 Å². The fraction of sp³-hybridized carbons (Fsp3) is 0.444. The van der Waals surface area contributed by atoms with Crippen LogP contribution in [0.3, 0.4) is 0 Å². The first-order valence-corrected chi connectivity index (χ1v) is 12.0. The van der Waals surface area contributed by atoms with Crippen LogP contribution in [0, 0.1) is 5.92 Å². The van der Waals surface area contributed by atoms with E-state index in [-0.39, 0.29) is 36.2 Å².